The largest absolute Gasteiger partial charge is 0.369 e. The van der Waals surface area contributed by atoms with Crippen LogP contribution in [0.25, 0.3) is 0 Å². The third kappa shape index (κ3) is 4.00. The fourth-order valence-corrected chi connectivity index (χ4v) is 3.03. The molecule has 0 fully saturated rings. The Bertz CT molecular complexity index is 572. The van der Waals surface area contributed by atoms with Crippen LogP contribution in [0.3, 0.4) is 0 Å². The normalized spacial score (nSPS) is 10.7. The molecule has 2 rings (SSSR count). The van der Waals surface area contributed by atoms with Gasteiger partial charge in [0.25, 0.3) is 0 Å². The lowest BCUT2D eigenvalue weighted by atomic mass is 10.2. The summed E-state index contributed by atoms with van der Waals surface area (Å²) in [5, 5.41) is 0. The maximum Gasteiger partial charge on any atom is 0.189 e. The Morgan fingerprint density at radius 2 is 1.95 bits per heavy atom. The van der Waals surface area contributed by atoms with Crippen molar-refractivity contribution >= 4 is 33.0 Å². The van der Waals surface area contributed by atoms with Gasteiger partial charge in [0.15, 0.2) is 5.78 Å². The SMILES string of the molecule is Cc1cc(C(=O)COCc2ccc(Br)cc2)c(C)s1. The Morgan fingerprint density at radius 3 is 2.53 bits per heavy atom. The number of Topliss-reactive ketones (excluding diaryl/α,β-unsaturated/α-hetero) is 1. The first-order valence-electron chi connectivity index (χ1n) is 5.98. The number of ether oxygens (including phenoxy) is 1. The molecular weight excluding hydrogens is 324 g/mol. The maximum atomic E-state index is 12.0. The number of hydrogen-bond acceptors (Lipinski definition) is 3. The Hall–Kier alpha value is -0.970. The van der Waals surface area contributed by atoms with Gasteiger partial charge in [-0.2, -0.15) is 0 Å². The molecular formula is C15H15BrO2S. The molecule has 2 nitrogen and oxygen atoms in total. The minimum absolute atomic E-state index is 0.0546. The van der Waals surface area contributed by atoms with E-state index in [2.05, 4.69) is 15.9 Å². The van der Waals surface area contributed by atoms with Crippen LogP contribution in [0.1, 0.15) is 25.7 Å². The second-order valence-corrected chi connectivity index (χ2v) is 6.75. The van der Waals surface area contributed by atoms with Gasteiger partial charge in [-0.3, -0.25) is 4.79 Å². The lowest BCUT2D eigenvalue weighted by Crippen LogP contribution is -2.09. The van der Waals surface area contributed by atoms with Gasteiger partial charge in [0.2, 0.25) is 0 Å². The van der Waals surface area contributed by atoms with E-state index in [-0.39, 0.29) is 12.4 Å². The first-order valence-corrected chi connectivity index (χ1v) is 7.59. The zero-order chi connectivity index (χ0) is 13.8. The van der Waals surface area contributed by atoms with E-state index >= 15 is 0 Å². The van der Waals surface area contributed by atoms with E-state index in [9.17, 15) is 4.79 Å². The fourth-order valence-electron chi connectivity index (χ4n) is 1.83. The van der Waals surface area contributed by atoms with E-state index in [1.54, 1.807) is 11.3 Å². The average molecular weight is 339 g/mol. The highest BCUT2D eigenvalue weighted by atomic mass is 79.9. The Balaban J connectivity index is 1.87. The van der Waals surface area contributed by atoms with Crippen LogP contribution in [-0.2, 0) is 11.3 Å². The number of thiophene rings is 1. The minimum atomic E-state index is 0.0546. The number of hydrogen-bond donors (Lipinski definition) is 0. The summed E-state index contributed by atoms with van der Waals surface area (Å²) in [7, 11) is 0. The molecule has 0 unspecified atom stereocenters. The highest BCUT2D eigenvalue weighted by Gasteiger charge is 2.11. The molecule has 1 heterocycles. The molecule has 0 aliphatic carbocycles. The lowest BCUT2D eigenvalue weighted by Gasteiger charge is -2.04. The summed E-state index contributed by atoms with van der Waals surface area (Å²) in [5.41, 5.74) is 1.85. The summed E-state index contributed by atoms with van der Waals surface area (Å²) in [4.78, 5) is 14.2. The molecule has 0 radical (unpaired) electrons. The average Bonchev–Trinajstić information content (AvgIpc) is 2.71. The molecule has 4 heteroatoms. The fraction of sp³-hybridized carbons (Fsp3) is 0.267. The van der Waals surface area contributed by atoms with Crippen molar-refractivity contribution in [1.29, 1.82) is 0 Å². The number of ketones is 1. The molecule has 0 aliphatic rings. The number of carbonyl (C=O) groups excluding carboxylic acids is 1. The standard InChI is InChI=1S/C15H15BrO2S/c1-10-7-14(11(2)19-10)15(17)9-18-8-12-3-5-13(16)6-4-12/h3-7H,8-9H2,1-2H3. The quantitative estimate of drug-likeness (QED) is 0.749. The van der Waals surface area contributed by atoms with Crippen LogP contribution >= 0.6 is 27.3 Å². The van der Waals surface area contributed by atoms with Gasteiger partial charge in [-0.25, -0.2) is 0 Å². The van der Waals surface area contributed by atoms with Gasteiger partial charge >= 0.3 is 0 Å². The number of benzene rings is 1. The molecule has 0 spiro atoms. The molecule has 0 saturated carbocycles. The van der Waals surface area contributed by atoms with Gasteiger partial charge in [0.1, 0.15) is 6.61 Å². The van der Waals surface area contributed by atoms with E-state index in [1.165, 1.54) is 0 Å². The van der Waals surface area contributed by atoms with Crippen molar-refractivity contribution in [2.45, 2.75) is 20.5 Å². The van der Waals surface area contributed by atoms with E-state index < -0.39 is 0 Å². The second kappa shape index (κ2) is 6.46. The van der Waals surface area contributed by atoms with Crippen LogP contribution in [0.2, 0.25) is 0 Å². The Morgan fingerprint density at radius 1 is 1.26 bits per heavy atom. The predicted molar refractivity (Wildman–Crippen MR) is 81.9 cm³/mol. The topological polar surface area (TPSA) is 26.3 Å². The highest BCUT2D eigenvalue weighted by molar-refractivity contribution is 9.10. The first kappa shape index (κ1) is 14.4. The molecule has 1 aromatic heterocycles. The van der Waals surface area contributed by atoms with Gasteiger partial charge in [0.05, 0.1) is 6.61 Å². The van der Waals surface area contributed by atoms with Crippen LogP contribution < -0.4 is 0 Å². The summed E-state index contributed by atoms with van der Waals surface area (Å²) in [6.45, 7) is 4.57. The summed E-state index contributed by atoms with van der Waals surface area (Å²) >= 11 is 5.03. The van der Waals surface area contributed by atoms with Crippen molar-refractivity contribution in [3.05, 3.63) is 55.7 Å². The van der Waals surface area contributed by atoms with Crippen molar-refractivity contribution in [3.8, 4) is 0 Å². The van der Waals surface area contributed by atoms with Crippen molar-refractivity contribution in [3.63, 3.8) is 0 Å². The molecule has 0 atom stereocenters. The summed E-state index contributed by atoms with van der Waals surface area (Å²) in [5.74, 6) is 0.0546. The minimum Gasteiger partial charge on any atom is -0.369 e. The van der Waals surface area contributed by atoms with E-state index in [0.29, 0.717) is 6.61 Å². The van der Waals surface area contributed by atoms with Gasteiger partial charge in [-0.1, -0.05) is 28.1 Å². The number of aryl methyl sites for hydroxylation is 2. The van der Waals surface area contributed by atoms with Crippen LogP contribution in [0, 0.1) is 13.8 Å². The van der Waals surface area contributed by atoms with E-state index in [1.807, 2.05) is 44.2 Å². The number of halogens is 1. The van der Waals surface area contributed by atoms with Crippen molar-refractivity contribution in [1.82, 2.24) is 0 Å². The van der Waals surface area contributed by atoms with Crippen molar-refractivity contribution in [2.75, 3.05) is 6.61 Å². The summed E-state index contributed by atoms with van der Waals surface area (Å²) in [6.07, 6.45) is 0. The molecule has 100 valence electrons. The molecule has 0 aliphatic heterocycles. The molecule has 2 aromatic rings. The Kier molecular flexibility index (Phi) is 4.91. The van der Waals surface area contributed by atoms with Crippen LogP contribution in [0.15, 0.2) is 34.8 Å². The predicted octanol–water partition coefficient (Wildman–Crippen LogP) is 4.53. The van der Waals surface area contributed by atoms with Crippen molar-refractivity contribution in [2.24, 2.45) is 0 Å². The second-order valence-electron chi connectivity index (χ2n) is 4.37. The van der Waals surface area contributed by atoms with Crippen molar-refractivity contribution < 1.29 is 9.53 Å². The smallest absolute Gasteiger partial charge is 0.189 e. The summed E-state index contributed by atoms with van der Waals surface area (Å²) < 4.78 is 6.52. The zero-order valence-electron chi connectivity index (χ0n) is 10.9. The van der Waals surface area contributed by atoms with Crippen LogP contribution in [-0.4, -0.2) is 12.4 Å². The maximum absolute atomic E-state index is 12.0. The number of carbonyl (C=O) groups is 1. The zero-order valence-corrected chi connectivity index (χ0v) is 13.3. The monoisotopic (exact) mass is 338 g/mol. The van der Waals surface area contributed by atoms with E-state index in [4.69, 9.17) is 4.74 Å². The molecule has 19 heavy (non-hydrogen) atoms. The first-order chi connectivity index (χ1) is 9.06. The summed E-state index contributed by atoms with van der Waals surface area (Å²) in [6, 6.07) is 9.83. The van der Waals surface area contributed by atoms with E-state index in [0.717, 1.165) is 25.4 Å². The third-order valence-electron chi connectivity index (χ3n) is 2.76. The molecule has 0 bridgehead atoms. The molecule has 0 saturated heterocycles. The third-order valence-corrected chi connectivity index (χ3v) is 4.25. The van der Waals surface area contributed by atoms with Crippen LogP contribution in [0.5, 0.6) is 0 Å². The highest BCUT2D eigenvalue weighted by Crippen LogP contribution is 2.21. The van der Waals surface area contributed by atoms with Crippen LogP contribution in [0.4, 0.5) is 0 Å². The molecule has 0 N–H and O–H groups in total. The Labute approximate surface area is 125 Å². The van der Waals surface area contributed by atoms with Gasteiger partial charge in [-0.15, -0.1) is 11.3 Å². The number of rotatable bonds is 5. The van der Waals surface area contributed by atoms with Gasteiger partial charge in [-0.05, 0) is 37.6 Å². The molecule has 0 amide bonds. The lowest BCUT2D eigenvalue weighted by molar-refractivity contribution is 0.0726. The van der Waals surface area contributed by atoms with Gasteiger partial charge < -0.3 is 4.74 Å². The molecule has 1 aromatic carbocycles. The van der Waals surface area contributed by atoms with Gasteiger partial charge in [0, 0.05) is 19.8 Å².